The van der Waals surface area contributed by atoms with Crippen LogP contribution in [0.25, 0.3) is 11.1 Å². The van der Waals surface area contributed by atoms with E-state index < -0.39 is 0 Å². The number of hydrogen-bond donors (Lipinski definition) is 1. The van der Waals surface area contributed by atoms with Gasteiger partial charge in [0.25, 0.3) is 0 Å². The van der Waals surface area contributed by atoms with Crippen LogP contribution in [0.1, 0.15) is 5.56 Å². The lowest BCUT2D eigenvalue weighted by molar-refractivity contribution is 1.46. The average Bonchev–Trinajstić information content (AvgIpc) is 2.20. The molecule has 0 heterocycles. The molecule has 2 N–H and O–H groups in total. The minimum atomic E-state index is 0.629. The van der Waals surface area contributed by atoms with Crippen molar-refractivity contribution in [2.75, 3.05) is 5.73 Å². The van der Waals surface area contributed by atoms with E-state index in [2.05, 4.69) is 0 Å². The Labute approximate surface area is 105 Å². The molecule has 0 unspecified atom stereocenters. The van der Waals surface area contributed by atoms with Gasteiger partial charge in [-0.1, -0.05) is 35.3 Å². The molecule has 0 amide bonds. The Morgan fingerprint density at radius 3 is 2.25 bits per heavy atom. The molecule has 0 spiro atoms. The number of benzene rings is 2. The molecule has 2 aromatic carbocycles. The zero-order valence-corrected chi connectivity index (χ0v) is 10.3. The lowest BCUT2D eigenvalue weighted by atomic mass is 9.99. The lowest BCUT2D eigenvalue weighted by Crippen LogP contribution is -1.91. The van der Waals surface area contributed by atoms with E-state index in [0.29, 0.717) is 10.0 Å². The molecule has 0 saturated heterocycles. The maximum atomic E-state index is 5.98. The van der Waals surface area contributed by atoms with Gasteiger partial charge in [0, 0.05) is 15.7 Å². The van der Waals surface area contributed by atoms with Crippen LogP contribution in [-0.2, 0) is 0 Å². The smallest absolute Gasteiger partial charge is 0.0426 e. The molecule has 0 aliphatic heterocycles. The third-order valence-electron chi connectivity index (χ3n) is 2.55. The SMILES string of the molecule is Cc1c(N)cccc1-c1cc(Cl)cc(Cl)c1. The number of halogens is 2. The molecule has 3 heteroatoms. The van der Waals surface area contributed by atoms with Crippen molar-refractivity contribution in [2.24, 2.45) is 0 Å². The van der Waals surface area contributed by atoms with Gasteiger partial charge in [0.15, 0.2) is 0 Å². The Morgan fingerprint density at radius 1 is 1.00 bits per heavy atom. The van der Waals surface area contributed by atoms with Gasteiger partial charge in [-0.15, -0.1) is 0 Å². The maximum absolute atomic E-state index is 5.98. The summed E-state index contributed by atoms with van der Waals surface area (Å²) in [5, 5.41) is 1.26. The molecule has 0 radical (unpaired) electrons. The molecule has 0 aliphatic rings. The molecule has 16 heavy (non-hydrogen) atoms. The first kappa shape index (κ1) is 11.3. The van der Waals surface area contributed by atoms with Gasteiger partial charge >= 0.3 is 0 Å². The van der Waals surface area contributed by atoms with Gasteiger partial charge in [0.1, 0.15) is 0 Å². The second kappa shape index (κ2) is 4.36. The van der Waals surface area contributed by atoms with E-state index in [-0.39, 0.29) is 0 Å². The molecule has 1 nitrogen and oxygen atoms in total. The second-order valence-electron chi connectivity index (χ2n) is 3.68. The van der Waals surface area contributed by atoms with Crippen molar-refractivity contribution in [2.45, 2.75) is 6.92 Å². The van der Waals surface area contributed by atoms with E-state index in [4.69, 9.17) is 28.9 Å². The highest BCUT2D eigenvalue weighted by Gasteiger charge is 2.05. The zero-order valence-electron chi connectivity index (χ0n) is 8.80. The summed E-state index contributed by atoms with van der Waals surface area (Å²) in [6, 6.07) is 11.3. The molecular weight excluding hydrogens is 241 g/mol. The van der Waals surface area contributed by atoms with Crippen LogP contribution < -0.4 is 5.73 Å². The van der Waals surface area contributed by atoms with Crippen molar-refractivity contribution in [3.05, 3.63) is 52.0 Å². The zero-order chi connectivity index (χ0) is 11.7. The topological polar surface area (TPSA) is 26.0 Å². The number of nitrogens with two attached hydrogens (primary N) is 1. The van der Waals surface area contributed by atoms with Crippen molar-refractivity contribution in [3.8, 4) is 11.1 Å². The van der Waals surface area contributed by atoms with Crippen LogP contribution in [-0.4, -0.2) is 0 Å². The number of nitrogen functional groups attached to an aromatic ring is 1. The molecule has 2 rings (SSSR count). The largest absolute Gasteiger partial charge is 0.398 e. The van der Waals surface area contributed by atoms with E-state index in [1.54, 1.807) is 6.07 Å². The van der Waals surface area contributed by atoms with Crippen molar-refractivity contribution < 1.29 is 0 Å². The first-order chi connectivity index (χ1) is 7.58. The second-order valence-corrected chi connectivity index (χ2v) is 4.55. The first-order valence-electron chi connectivity index (χ1n) is 4.89. The molecule has 0 fully saturated rings. The molecule has 0 bridgehead atoms. The lowest BCUT2D eigenvalue weighted by Gasteiger charge is -2.09. The summed E-state index contributed by atoms with van der Waals surface area (Å²) in [6.07, 6.45) is 0. The van der Waals surface area contributed by atoms with Crippen LogP contribution in [0, 0.1) is 6.92 Å². The van der Waals surface area contributed by atoms with Crippen LogP contribution in [0.4, 0.5) is 5.69 Å². The highest BCUT2D eigenvalue weighted by molar-refractivity contribution is 6.35. The summed E-state index contributed by atoms with van der Waals surface area (Å²) in [6.45, 7) is 1.99. The van der Waals surface area contributed by atoms with E-state index in [0.717, 1.165) is 22.4 Å². The molecular formula is C13H11Cl2N. The molecule has 0 saturated carbocycles. The number of rotatable bonds is 1. The van der Waals surface area contributed by atoms with Gasteiger partial charge in [-0.25, -0.2) is 0 Å². The Bertz CT molecular complexity index is 515. The third-order valence-corrected chi connectivity index (χ3v) is 2.99. The fraction of sp³-hybridized carbons (Fsp3) is 0.0769. The van der Waals surface area contributed by atoms with Gasteiger partial charge in [-0.05, 0) is 47.9 Å². The third kappa shape index (κ3) is 2.16. The quantitative estimate of drug-likeness (QED) is 0.740. The van der Waals surface area contributed by atoms with Gasteiger partial charge < -0.3 is 5.73 Å². The predicted molar refractivity (Wildman–Crippen MR) is 71.0 cm³/mol. The Morgan fingerprint density at radius 2 is 1.62 bits per heavy atom. The first-order valence-corrected chi connectivity index (χ1v) is 5.65. The molecule has 0 aromatic heterocycles. The van der Waals surface area contributed by atoms with Crippen LogP contribution in [0.15, 0.2) is 36.4 Å². The fourth-order valence-electron chi connectivity index (χ4n) is 1.68. The van der Waals surface area contributed by atoms with Crippen molar-refractivity contribution in [3.63, 3.8) is 0 Å². The van der Waals surface area contributed by atoms with E-state index in [1.165, 1.54) is 0 Å². The molecule has 0 aliphatic carbocycles. The summed E-state index contributed by atoms with van der Waals surface area (Å²) in [4.78, 5) is 0. The highest BCUT2D eigenvalue weighted by Crippen LogP contribution is 2.31. The highest BCUT2D eigenvalue weighted by atomic mass is 35.5. The van der Waals surface area contributed by atoms with E-state index >= 15 is 0 Å². The van der Waals surface area contributed by atoms with Gasteiger partial charge in [-0.2, -0.15) is 0 Å². The van der Waals surface area contributed by atoms with Crippen LogP contribution in [0.2, 0.25) is 10.0 Å². The molecule has 2 aromatic rings. The number of hydrogen-bond acceptors (Lipinski definition) is 1. The average molecular weight is 252 g/mol. The van der Waals surface area contributed by atoms with E-state index in [1.807, 2.05) is 37.3 Å². The predicted octanol–water partition coefficient (Wildman–Crippen LogP) is 4.55. The fourth-order valence-corrected chi connectivity index (χ4v) is 2.20. The minimum absolute atomic E-state index is 0.629. The monoisotopic (exact) mass is 251 g/mol. The summed E-state index contributed by atoms with van der Waals surface area (Å²) < 4.78 is 0. The van der Waals surface area contributed by atoms with E-state index in [9.17, 15) is 0 Å². The Kier molecular flexibility index (Phi) is 3.08. The standard InChI is InChI=1S/C13H11Cl2N/c1-8-12(3-2-4-13(8)16)9-5-10(14)7-11(15)6-9/h2-7H,16H2,1H3. The van der Waals surface area contributed by atoms with Gasteiger partial charge in [0.05, 0.1) is 0 Å². The van der Waals surface area contributed by atoms with Crippen molar-refractivity contribution >= 4 is 28.9 Å². The van der Waals surface area contributed by atoms with Crippen LogP contribution in [0.5, 0.6) is 0 Å². The number of anilines is 1. The van der Waals surface area contributed by atoms with Crippen molar-refractivity contribution in [1.82, 2.24) is 0 Å². The van der Waals surface area contributed by atoms with Crippen molar-refractivity contribution in [1.29, 1.82) is 0 Å². The Hall–Kier alpha value is -1.18. The summed E-state index contributed by atoms with van der Waals surface area (Å²) >= 11 is 12.0. The summed E-state index contributed by atoms with van der Waals surface area (Å²) in [5.74, 6) is 0. The summed E-state index contributed by atoms with van der Waals surface area (Å²) in [5.41, 5.74) is 9.73. The molecule has 82 valence electrons. The minimum Gasteiger partial charge on any atom is -0.398 e. The van der Waals surface area contributed by atoms with Gasteiger partial charge in [-0.3, -0.25) is 0 Å². The summed E-state index contributed by atoms with van der Waals surface area (Å²) in [7, 11) is 0. The van der Waals surface area contributed by atoms with Crippen LogP contribution >= 0.6 is 23.2 Å². The maximum Gasteiger partial charge on any atom is 0.0426 e. The normalized spacial score (nSPS) is 10.4. The van der Waals surface area contributed by atoms with Gasteiger partial charge in [0.2, 0.25) is 0 Å². The van der Waals surface area contributed by atoms with Crippen LogP contribution in [0.3, 0.4) is 0 Å². The Balaban J connectivity index is 2.63. The molecule has 0 atom stereocenters.